The molecule has 1 saturated carbocycles. The Hall–Kier alpha value is -1.40. The summed E-state index contributed by atoms with van der Waals surface area (Å²) in [6.45, 7) is 3.36. The first-order valence-electron chi connectivity index (χ1n) is 6.66. The van der Waals surface area contributed by atoms with Crippen LogP contribution in [0.25, 0.3) is 0 Å². The smallest absolute Gasteiger partial charge is 0.335 e. The fourth-order valence-corrected chi connectivity index (χ4v) is 3.89. The van der Waals surface area contributed by atoms with Crippen molar-refractivity contribution in [3.63, 3.8) is 0 Å². The van der Waals surface area contributed by atoms with Crippen molar-refractivity contribution in [2.24, 2.45) is 5.92 Å². The van der Waals surface area contributed by atoms with Crippen LogP contribution in [0.2, 0.25) is 0 Å². The van der Waals surface area contributed by atoms with Crippen molar-refractivity contribution in [3.8, 4) is 0 Å². The van der Waals surface area contributed by atoms with Crippen LogP contribution in [-0.2, 0) is 10.0 Å². The van der Waals surface area contributed by atoms with E-state index in [0.29, 0.717) is 5.92 Å². The monoisotopic (exact) mass is 297 g/mol. The maximum atomic E-state index is 12.3. The van der Waals surface area contributed by atoms with Crippen molar-refractivity contribution in [1.82, 2.24) is 4.72 Å². The number of carboxylic acids is 1. The number of hydrogen-bond acceptors (Lipinski definition) is 3. The average Bonchev–Trinajstić information content (AvgIpc) is 3.11. The fraction of sp³-hybridized carbons (Fsp3) is 0.500. The number of nitrogens with one attached hydrogen (secondary N) is 1. The van der Waals surface area contributed by atoms with Gasteiger partial charge in [0.2, 0.25) is 10.0 Å². The Bertz CT molecular complexity index is 620. The molecule has 2 N–H and O–H groups in total. The molecule has 110 valence electrons. The second kappa shape index (κ2) is 5.54. The molecule has 1 unspecified atom stereocenters. The van der Waals surface area contributed by atoms with Crippen molar-refractivity contribution in [2.45, 2.75) is 44.0 Å². The van der Waals surface area contributed by atoms with E-state index in [0.717, 1.165) is 6.42 Å². The molecule has 1 aliphatic rings. The standard InChI is InChI=1S/C14H19NO4S/c1-9(8-11-6-7-11)15-20(18,19)13-5-3-4-12(10(13)2)14(16)17/h3-5,9,11,15H,6-8H2,1-2H3,(H,16,17). The summed E-state index contributed by atoms with van der Waals surface area (Å²) < 4.78 is 27.3. The Kier molecular flexibility index (Phi) is 4.15. The number of carboxylic acid groups (broad SMARTS) is 1. The number of hydrogen-bond donors (Lipinski definition) is 2. The van der Waals surface area contributed by atoms with Gasteiger partial charge in [0, 0.05) is 6.04 Å². The van der Waals surface area contributed by atoms with Gasteiger partial charge < -0.3 is 5.11 Å². The van der Waals surface area contributed by atoms with Gasteiger partial charge in [-0.2, -0.15) is 0 Å². The molecule has 0 aliphatic heterocycles. The van der Waals surface area contributed by atoms with Gasteiger partial charge in [-0.15, -0.1) is 0 Å². The third-order valence-corrected chi connectivity index (χ3v) is 5.28. The lowest BCUT2D eigenvalue weighted by Gasteiger charge is -2.15. The summed E-state index contributed by atoms with van der Waals surface area (Å²) in [6.07, 6.45) is 3.16. The van der Waals surface area contributed by atoms with E-state index in [1.54, 1.807) is 0 Å². The van der Waals surface area contributed by atoms with E-state index in [1.165, 1.54) is 38.0 Å². The van der Waals surface area contributed by atoms with Gasteiger partial charge in [-0.25, -0.2) is 17.9 Å². The summed E-state index contributed by atoms with van der Waals surface area (Å²) in [6, 6.07) is 4.16. The minimum absolute atomic E-state index is 0.0164. The van der Waals surface area contributed by atoms with Gasteiger partial charge in [0.25, 0.3) is 0 Å². The summed E-state index contributed by atoms with van der Waals surface area (Å²) in [5.41, 5.74) is 0.286. The molecule has 0 bridgehead atoms. The molecule has 1 atom stereocenters. The van der Waals surface area contributed by atoms with Gasteiger partial charge in [-0.1, -0.05) is 18.9 Å². The molecule has 6 heteroatoms. The van der Waals surface area contributed by atoms with Gasteiger partial charge in [0.15, 0.2) is 0 Å². The molecule has 1 aromatic rings. The van der Waals surface area contributed by atoms with E-state index >= 15 is 0 Å². The molecule has 1 fully saturated rings. The lowest BCUT2D eigenvalue weighted by molar-refractivity contribution is 0.0696. The van der Waals surface area contributed by atoms with Crippen LogP contribution in [0.5, 0.6) is 0 Å². The van der Waals surface area contributed by atoms with Crippen LogP contribution in [-0.4, -0.2) is 25.5 Å². The van der Waals surface area contributed by atoms with Crippen LogP contribution in [0.3, 0.4) is 0 Å². The first-order valence-corrected chi connectivity index (χ1v) is 8.15. The molecule has 0 heterocycles. The molecule has 5 nitrogen and oxygen atoms in total. The normalized spacial score (nSPS) is 16.9. The lowest BCUT2D eigenvalue weighted by Crippen LogP contribution is -2.33. The summed E-state index contributed by atoms with van der Waals surface area (Å²) >= 11 is 0. The number of benzene rings is 1. The highest BCUT2D eigenvalue weighted by molar-refractivity contribution is 7.89. The number of aromatic carboxylic acids is 1. The molecular formula is C14H19NO4S. The molecule has 1 aliphatic carbocycles. The number of sulfonamides is 1. The molecule has 20 heavy (non-hydrogen) atoms. The van der Waals surface area contributed by atoms with E-state index in [4.69, 9.17) is 5.11 Å². The average molecular weight is 297 g/mol. The molecular weight excluding hydrogens is 278 g/mol. The highest BCUT2D eigenvalue weighted by Gasteiger charge is 2.27. The van der Waals surface area contributed by atoms with E-state index in [1.807, 2.05) is 6.92 Å². The molecule has 0 spiro atoms. The maximum absolute atomic E-state index is 12.3. The minimum atomic E-state index is -3.68. The highest BCUT2D eigenvalue weighted by Crippen LogP contribution is 2.33. The Labute approximate surface area is 119 Å². The van der Waals surface area contributed by atoms with Gasteiger partial charge in [0.1, 0.15) is 0 Å². The topological polar surface area (TPSA) is 83.5 Å². The van der Waals surface area contributed by atoms with E-state index in [-0.39, 0.29) is 22.1 Å². The fourth-order valence-electron chi connectivity index (χ4n) is 2.37. The van der Waals surface area contributed by atoms with E-state index in [2.05, 4.69) is 4.72 Å². The van der Waals surface area contributed by atoms with Crippen LogP contribution in [0, 0.1) is 12.8 Å². The van der Waals surface area contributed by atoms with Crippen molar-refractivity contribution < 1.29 is 18.3 Å². The Morgan fingerprint density at radius 3 is 2.65 bits per heavy atom. The molecule has 2 rings (SSSR count). The second-order valence-corrected chi connectivity index (χ2v) is 7.12. The molecule has 1 aromatic carbocycles. The zero-order valence-electron chi connectivity index (χ0n) is 11.6. The number of rotatable bonds is 6. The van der Waals surface area contributed by atoms with Crippen LogP contribution in [0.15, 0.2) is 23.1 Å². The summed E-state index contributed by atoms with van der Waals surface area (Å²) in [5.74, 6) is -0.496. The Morgan fingerprint density at radius 1 is 1.45 bits per heavy atom. The Morgan fingerprint density at radius 2 is 2.10 bits per heavy atom. The minimum Gasteiger partial charge on any atom is -0.478 e. The zero-order chi connectivity index (χ0) is 14.9. The summed E-state index contributed by atoms with van der Waals surface area (Å²) in [7, 11) is -3.68. The van der Waals surface area contributed by atoms with Crippen LogP contribution < -0.4 is 4.72 Å². The molecule has 0 amide bonds. The van der Waals surface area contributed by atoms with Gasteiger partial charge in [0.05, 0.1) is 10.5 Å². The molecule has 0 radical (unpaired) electrons. The van der Waals surface area contributed by atoms with E-state index in [9.17, 15) is 13.2 Å². The first-order chi connectivity index (χ1) is 9.31. The van der Waals surface area contributed by atoms with Crippen LogP contribution in [0.4, 0.5) is 0 Å². The number of carbonyl (C=O) groups is 1. The quantitative estimate of drug-likeness (QED) is 0.843. The van der Waals surface area contributed by atoms with Gasteiger partial charge >= 0.3 is 5.97 Å². The Balaban J connectivity index is 2.24. The SMILES string of the molecule is Cc1c(C(=O)O)cccc1S(=O)(=O)NC(C)CC1CC1. The largest absolute Gasteiger partial charge is 0.478 e. The predicted octanol–water partition coefficient (Wildman–Crippen LogP) is 2.16. The lowest BCUT2D eigenvalue weighted by atomic mass is 10.1. The van der Waals surface area contributed by atoms with Crippen molar-refractivity contribution >= 4 is 16.0 Å². The maximum Gasteiger partial charge on any atom is 0.335 e. The molecule has 0 aromatic heterocycles. The molecule has 0 saturated heterocycles. The zero-order valence-corrected chi connectivity index (χ0v) is 12.4. The highest BCUT2D eigenvalue weighted by atomic mass is 32.2. The van der Waals surface area contributed by atoms with Crippen molar-refractivity contribution in [2.75, 3.05) is 0 Å². The first kappa shape index (κ1) is 15.0. The predicted molar refractivity (Wildman–Crippen MR) is 75.3 cm³/mol. The summed E-state index contributed by atoms with van der Waals surface area (Å²) in [5, 5.41) is 9.05. The third kappa shape index (κ3) is 3.37. The second-order valence-electron chi connectivity index (χ2n) is 5.44. The van der Waals surface area contributed by atoms with Gasteiger partial charge in [-0.3, -0.25) is 0 Å². The van der Waals surface area contributed by atoms with Crippen LogP contribution in [0.1, 0.15) is 42.1 Å². The summed E-state index contributed by atoms with van der Waals surface area (Å²) in [4.78, 5) is 11.1. The van der Waals surface area contributed by atoms with Crippen molar-refractivity contribution in [3.05, 3.63) is 29.3 Å². The van der Waals surface area contributed by atoms with Gasteiger partial charge in [-0.05, 0) is 43.9 Å². The third-order valence-electron chi connectivity index (χ3n) is 3.54. The van der Waals surface area contributed by atoms with Crippen molar-refractivity contribution in [1.29, 1.82) is 0 Å². The van der Waals surface area contributed by atoms with Crippen LogP contribution >= 0.6 is 0 Å². The van der Waals surface area contributed by atoms with E-state index < -0.39 is 16.0 Å².